The molecule has 0 radical (unpaired) electrons. The molecule has 0 aromatic carbocycles. The summed E-state index contributed by atoms with van der Waals surface area (Å²) in [5.74, 6) is -0.632. The molecule has 0 bridgehead atoms. The Morgan fingerprint density at radius 2 is 2.40 bits per heavy atom. The van der Waals surface area contributed by atoms with Crippen molar-refractivity contribution in [3.05, 3.63) is 12.7 Å². The molecule has 10 heavy (non-hydrogen) atoms. The van der Waals surface area contributed by atoms with Gasteiger partial charge in [0, 0.05) is 6.42 Å². The van der Waals surface area contributed by atoms with E-state index in [4.69, 9.17) is 0 Å². The molecule has 0 rings (SSSR count). The Bertz CT molecular complexity index is 138. The summed E-state index contributed by atoms with van der Waals surface area (Å²) in [4.78, 5) is 10.7. The summed E-state index contributed by atoms with van der Waals surface area (Å²) >= 11 is 0. The fourth-order valence-electron chi connectivity index (χ4n) is 0.584. The highest BCUT2D eigenvalue weighted by Gasteiger charge is 2.29. The van der Waals surface area contributed by atoms with Gasteiger partial charge in [-0.05, 0) is 6.92 Å². The summed E-state index contributed by atoms with van der Waals surface area (Å²) < 4.78 is 4.33. The molecule has 1 unspecified atom stereocenters. The molecule has 0 aromatic rings. The van der Waals surface area contributed by atoms with E-state index in [-0.39, 0.29) is 6.42 Å². The van der Waals surface area contributed by atoms with Crippen molar-refractivity contribution in [1.82, 2.24) is 0 Å². The van der Waals surface area contributed by atoms with Gasteiger partial charge in [0.15, 0.2) is 5.60 Å². The maximum Gasteiger partial charge on any atom is 0.337 e. The largest absolute Gasteiger partial charge is 0.467 e. The van der Waals surface area contributed by atoms with Crippen LogP contribution in [-0.4, -0.2) is 23.8 Å². The molecule has 0 aromatic heterocycles. The van der Waals surface area contributed by atoms with Crippen LogP contribution >= 0.6 is 0 Å². The molecule has 0 saturated carbocycles. The minimum absolute atomic E-state index is 0.208. The van der Waals surface area contributed by atoms with Crippen LogP contribution in [0.3, 0.4) is 0 Å². The van der Waals surface area contributed by atoms with Crippen LogP contribution in [0.15, 0.2) is 12.7 Å². The number of carbonyl (C=O) groups is 1. The second-order valence-corrected chi connectivity index (χ2v) is 2.26. The minimum Gasteiger partial charge on any atom is -0.467 e. The van der Waals surface area contributed by atoms with Crippen LogP contribution in [0.2, 0.25) is 0 Å². The Morgan fingerprint density at radius 3 is 2.70 bits per heavy atom. The van der Waals surface area contributed by atoms with E-state index in [1.165, 1.54) is 20.1 Å². The van der Waals surface area contributed by atoms with Gasteiger partial charge in [0.25, 0.3) is 0 Å². The summed E-state index contributed by atoms with van der Waals surface area (Å²) in [6.45, 7) is 4.78. The molecule has 3 heteroatoms. The first-order chi connectivity index (χ1) is 4.54. The standard InChI is InChI=1S/C7H12O3/c1-4-5-7(2,9)6(8)10-3/h4,9H,1,5H2,2-3H3. The Morgan fingerprint density at radius 1 is 1.90 bits per heavy atom. The third-order valence-corrected chi connectivity index (χ3v) is 1.17. The van der Waals surface area contributed by atoms with Crippen molar-refractivity contribution in [3.8, 4) is 0 Å². The number of methoxy groups -OCH3 is 1. The lowest BCUT2D eigenvalue weighted by Crippen LogP contribution is -2.35. The number of esters is 1. The molecule has 0 aliphatic rings. The predicted octanol–water partition coefficient (Wildman–Crippen LogP) is 0.486. The van der Waals surface area contributed by atoms with Crippen molar-refractivity contribution in [3.63, 3.8) is 0 Å². The lowest BCUT2D eigenvalue weighted by molar-refractivity contribution is -0.160. The second-order valence-electron chi connectivity index (χ2n) is 2.26. The van der Waals surface area contributed by atoms with Gasteiger partial charge in [-0.2, -0.15) is 0 Å². The molecule has 1 N–H and O–H groups in total. The van der Waals surface area contributed by atoms with Crippen LogP contribution < -0.4 is 0 Å². The monoisotopic (exact) mass is 144 g/mol. The molecule has 3 nitrogen and oxygen atoms in total. The topological polar surface area (TPSA) is 46.5 Å². The maximum atomic E-state index is 10.7. The van der Waals surface area contributed by atoms with Gasteiger partial charge < -0.3 is 9.84 Å². The molecule has 58 valence electrons. The van der Waals surface area contributed by atoms with E-state index in [1.54, 1.807) is 0 Å². The van der Waals surface area contributed by atoms with Gasteiger partial charge in [0.1, 0.15) is 0 Å². The van der Waals surface area contributed by atoms with E-state index < -0.39 is 11.6 Å². The summed E-state index contributed by atoms with van der Waals surface area (Å²) in [6, 6.07) is 0. The third kappa shape index (κ3) is 2.19. The summed E-state index contributed by atoms with van der Waals surface area (Å²) in [6.07, 6.45) is 1.68. The smallest absolute Gasteiger partial charge is 0.337 e. The molecule has 1 atom stereocenters. The van der Waals surface area contributed by atoms with Gasteiger partial charge in [-0.15, -0.1) is 6.58 Å². The van der Waals surface area contributed by atoms with Crippen molar-refractivity contribution in [2.24, 2.45) is 0 Å². The highest BCUT2D eigenvalue weighted by Crippen LogP contribution is 2.10. The van der Waals surface area contributed by atoms with Gasteiger partial charge in [-0.3, -0.25) is 0 Å². The van der Waals surface area contributed by atoms with E-state index in [0.717, 1.165) is 0 Å². The Hall–Kier alpha value is -0.830. The first-order valence-corrected chi connectivity index (χ1v) is 2.96. The Labute approximate surface area is 60.3 Å². The van der Waals surface area contributed by atoms with Crippen LogP contribution in [0.25, 0.3) is 0 Å². The normalized spacial score (nSPS) is 15.5. The number of rotatable bonds is 3. The molecule has 0 aliphatic carbocycles. The second kappa shape index (κ2) is 3.37. The van der Waals surface area contributed by atoms with Crippen molar-refractivity contribution >= 4 is 5.97 Å². The van der Waals surface area contributed by atoms with Crippen molar-refractivity contribution in [2.75, 3.05) is 7.11 Å². The highest BCUT2D eigenvalue weighted by molar-refractivity contribution is 5.78. The van der Waals surface area contributed by atoms with Crippen molar-refractivity contribution in [2.45, 2.75) is 18.9 Å². The molecule has 0 saturated heterocycles. The number of carbonyl (C=O) groups excluding carboxylic acids is 1. The highest BCUT2D eigenvalue weighted by atomic mass is 16.5. The first-order valence-electron chi connectivity index (χ1n) is 2.96. The van der Waals surface area contributed by atoms with E-state index >= 15 is 0 Å². The lowest BCUT2D eigenvalue weighted by Gasteiger charge is -2.17. The maximum absolute atomic E-state index is 10.7. The molecule has 0 spiro atoms. The summed E-state index contributed by atoms with van der Waals surface area (Å²) in [5.41, 5.74) is -1.42. The average molecular weight is 144 g/mol. The first kappa shape index (κ1) is 9.17. The van der Waals surface area contributed by atoms with Gasteiger partial charge >= 0.3 is 5.97 Å². The van der Waals surface area contributed by atoms with E-state index in [1.807, 2.05) is 0 Å². The third-order valence-electron chi connectivity index (χ3n) is 1.17. The summed E-state index contributed by atoms with van der Waals surface area (Å²) in [7, 11) is 1.24. The van der Waals surface area contributed by atoms with Crippen LogP contribution in [0.4, 0.5) is 0 Å². The Balaban J connectivity index is 4.08. The van der Waals surface area contributed by atoms with Gasteiger partial charge in [-0.25, -0.2) is 4.79 Å². The van der Waals surface area contributed by atoms with Gasteiger partial charge in [0.2, 0.25) is 0 Å². The zero-order chi connectivity index (χ0) is 8.20. The zero-order valence-electron chi connectivity index (χ0n) is 6.26. The van der Waals surface area contributed by atoms with Crippen LogP contribution in [-0.2, 0) is 9.53 Å². The van der Waals surface area contributed by atoms with E-state index in [0.29, 0.717) is 0 Å². The molecule has 0 heterocycles. The quantitative estimate of drug-likeness (QED) is 0.463. The SMILES string of the molecule is C=CCC(C)(O)C(=O)OC. The van der Waals surface area contributed by atoms with Crippen molar-refractivity contribution < 1.29 is 14.6 Å². The number of hydrogen-bond acceptors (Lipinski definition) is 3. The predicted molar refractivity (Wildman–Crippen MR) is 37.5 cm³/mol. The number of aliphatic hydroxyl groups is 1. The van der Waals surface area contributed by atoms with Crippen LogP contribution in [0.5, 0.6) is 0 Å². The van der Waals surface area contributed by atoms with Gasteiger partial charge in [-0.1, -0.05) is 6.08 Å². The lowest BCUT2D eigenvalue weighted by atomic mass is 10.0. The van der Waals surface area contributed by atoms with Gasteiger partial charge in [0.05, 0.1) is 7.11 Å². The van der Waals surface area contributed by atoms with Crippen LogP contribution in [0.1, 0.15) is 13.3 Å². The van der Waals surface area contributed by atoms with E-state index in [2.05, 4.69) is 11.3 Å². The molecular weight excluding hydrogens is 132 g/mol. The fraction of sp³-hybridized carbons (Fsp3) is 0.571. The minimum atomic E-state index is -1.42. The molecule has 0 fully saturated rings. The molecular formula is C7H12O3. The van der Waals surface area contributed by atoms with Crippen LogP contribution in [0, 0.1) is 0 Å². The Kier molecular flexibility index (Phi) is 3.09. The number of ether oxygens (including phenoxy) is 1. The number of hydrogen-bond donors (Lipinski definition) is 1. The van der Waals surface area contributed by atoms with Crippen molar-refractivity contribution in [1.29, 1.82) is 0 Å². The fourth-order valence-corrected chi connectivity index (χ4v) is 0.584. The molecule has 0 aliphatic heterocycles. The molecule has 0 amide bonds. The zero-order valence-corrected chi connectivity index (χ0v) is 6.26. The average Bonchev–Trinajstić information content (AvgIpc) is 1.86. The van der Waals surface area contributed by atoms with E-state index in [9.17, 15) is 9.90 Å². The summed E-state index contributed by atoms with van der Waals surface area (Å²) in [5, 5.41) is 9.24.